The lowest BCUT2D eigenvalue weighted by Gasteiger charge is -2.10. The number of rotatable bonds is 6. The zero-order valence-electron chi connectivity index (χ0n) is 10.1. The number of benzene rings is 1. The van der Waals surface area contributed by atoms with Crippen molar-refractivity contribution >= 4 is 21.6 Å². The second-order valence-corrected chi connectivity index (χ2v) is 5.62. The molecular formula is C11H17N3O3S. The fraction of sp³-hybridized carbons (Fsp3) is 0.364. The Bertz CT molecular complexity index is 514. The van der Waals surface area contributed by atoms with Gasteiger partial charge in [-0.1, -0.05) is 18.2 Å². The van der Waals surface area contributed by atoms with Crippen LogP contribution in [0.2, 0.25) is 0 Å². The number of anilines is 1. The van der Waals surface area contributed by atoms with E-state index in [1.54, 1.807) is 6.07 Å². The summed E-state index contributed by atoms with van der Waals surface area (Å²) in [6, 6.07) is 7.31. The van der Waals surface area contributed by atoms with Gasteiger partial charge in [0.2, 0.25) is 15.9 Å². The van der Waals surface area contributed by atoms with Crippen LogP contribution < -0.4 is 15.8 Å². The number of carbonyl (C=O) groups excluding carboxylic acids is 1. The van der Waals surface area contributed by atoms with E-state index in [2.05, 4.69) is 10.6 Å². The number of carbonyl (C=O) groups is 1. The highest BCUT2D eigenvalue weighted by Gasteiger charge is 2.04. The summed E-state index contributed by atoms with van der Waals surface area (Å²) in [5.41, 5.74) is 1.61. The molecule has 0 aliphatic rings. The standard InChI is InChI=1S/C11H17N3O3S/c1-9(15)14-11-5-3-2-4-10(11)8-13-6-7-18(12,16)17/h2-5,13H,6-8H2,1H3,(H,14,15)(H2,12,16,17). The number of amides is 1. The van der Waals surface area contributed by atoms with Gasteiger partial charge in [-0.3, -0.25) is 4.79 Å². The van der Waals surface area contributed by atoms with Gasteiger partial charge in [0.1, 0.15) is 0 Å². The summed E-state index contributed by atoms with van der Waals surface area (Å²) >= 11 is 0. The summed E-state index contributed by atoms with van der Waals surface area (Å²) in [7, 11) is -3.44. The molecule has 0 saturated heterocycles. The van der Waals surface area contributed by atoms with Crippen molar-refractivity contribution < 1.29 is 13.2 Å². The Labute approximate surface area is 107 Å². The highest BCUT2D eigenvalue weighted by Crippen LogP contribution is 2.14. The van der Waals surface area contributed by atoms with Crippen molar-refractivity contribution in [2.24, 2.45) is 5.14 Å². The van der Waals surface area contributed by atoms with Crippen molar-refractivity contribution in [1.29, 1.82) is 0 Å². The Morgan fingerprint density at radius 2 is 2.00 bits per heavy atom. The number of hydrogen-bond donors (Lipinski definition) is 3. The molecule has 0 aromatic heterocycles. The van der Waals surface area contributed by atoms with Gasteiger partial charge in [0.15, 0.2) is 0 Å². The SMILES string of the molecule is CC(=O)Nc1ccccc1CNCCS(N)(=O)=O. The molecule has 1 aromatic carbocycles. The number of nitrogens with one attached hydrogen (secondary N) is 2. The average molecular weight is 271 g/mol. The molecule has 0 spiro atoms. The van der Waals surface area contributed by atoms with Crippen molar-refractivity contribution in [3.8, 4) is 0 Å². The number of sulfonamides is 1. The lowest BCUT2D eigenvalue weighted by molar-refractivity contribution is -0.114. The first-order valence-electron chi connectivity index (χ1n) is 5.45. The largest absolute Gasteiger partial charge is 0.326 e. The van der Waals surface area contributed by atoms with Gasteiger partial charge < -0.3 is 10.6 Å². The van der Waals surface area contributed by atoms with Gasteiger partial charge in [0.25, 0.3) is 0 Å². The molecule has 7 heteroatoms. The molecular weight excluding hydrogens is 254 g/mol. The molecule has 6 nitrogen and oxygen atoms in total. The molecule has 0 aliphatic heterocycles. The first-order valence-corrected chi connectivity index (χ1v) is 7.17. The monoisotopic (exact) mass is 271 g/mol. The fourth-order valence-electron chi connectivity index (χ4n) is 1.42. The average Bonchev–Trinajstić information content (AvgIpc) is 2.24. The molecule has 0 fully saturated rings. The molecule has 1 aromatic rings. The maximum absolute atomic E-state index is 11.0. The van der Waals surface area contributed by atoms with E-state index in [1.807, 2.05) is 18.2 Å². The van der Waals surface area contributed by atoms with E-state index in [0.717, 1.165) is 5.56 Å². The van der Waals surface area contributed by atoms with Crippen LogP contribution >= 0.6 is 0 Å². The normalized spacial score (nSPS) is 11.2. The number of nitrogens with two attached hydrogens (primary N) is 1. The van der Waals surface area contributed by atoms with E-state index in [-0.39, 0.29) is 18.2 Å². The lowest BCUT2D eigenvalue weighted by atomic mass is 10.1. The molecule has 0 saturated carbocycles. The lowest BCUT2D eigenvalue weighted by Crippen LogP contribution is -2.27. The van der Waals surface area contributed by atoms with Crippen LogP contribution in [0.5, 0.6) is 0 Å². The van der Waals surface area contributed by atoms with Crippen LogP contribution in [0.1, 0.15) is 12.5 Å². The Kier molecular flexibility index (Phi) is 5.26. The molecule has 0 radical (unpaired) electrons. The van der Waals surface area contributed by atoms with E-state index < -0.39 is 10.0 Å². The molecule has 0 bridgehead atoms. The van der Waals surface area contributed by atoms with Crippen LogP contribution in [-0.2, 0) is 21.4 Å². The predicted octanol–water partition coefficient (Wildman–Crippen LogP) is 0.0231. The fourth-order valence-corrected chi connectivity index (χ4v) is 1.85. The van der Waals surface area contributed by atoms with Crippen molar-refractivity contribution in [3.63, 3.8) is 0 Å². The second kappa shape index (κ2) is 6.48. The van der Waals surface area contributed by atoms with Crippen LogP contribution in [0, 0.1) is 0 Å². The van der Waals surface area contributed by atoms with Gasteiger partial charge in [-0.05, 0) is 11.6 Å². The number of primary sulfonamides is 1. The summed E-state index contributed by atoms with van der Waals surface area (Å²) < 4.78 is 21.5. The minimum absolute atomic E-state index is 0.116. The third kappa shape index (κ3) is 5.76. The zero-order valence-corrected chi connectivity index (χ0v) is 11.0. The van der Waals surface area contributed by atoms with Gasteiger partial charge in [-0.2, -0.15) is 0 Å². The molecule has 1 amide bonds. The topological polar surface area (TPSA) is 101 Å². The molecule has 100 valence electrons. The van der Waals surface area contributed by atoms with E-state index in [0.29, 0.717) is 12.2 Å². The third-order valence-corrected chi connectivity index (χ3v) is 2.98. The van der Waals surface area contributed by atoms with Crippen molar-refractivity contribution in [1.82, 2.24) is 5.32 Å². The maximum atomic E-state index is 11.0. The zero-order chi connectivity index (χ0) is 13.6. The summed E-state index contributed by atoms with van der Waals surface area (Å²) in [4.78, 5) is 11.0. The molecule has 1 rings (SSSR count). The van der Waals surface area contributed by atoms with E-state index in [1.165, 1.54) is 6.92 Å². The minimum Gasteiger partial charge on any atom is -0.326 e. The second-order valence-electron chi connectivity index (χ2n) is 3.88. The summed E-state index contributed by atoms with van der Waals surface area (Å²) in [5, 5.41) is 10.6. The predicted molar refractivity (Wildman–Crippen MR) is 70.4 cm³/mol. The highest BCUT2D eigenvalue weighted by atomic mass is 32.2. The minimum atomic E-state index is -3.44. The van der Waals surface area contributed by atoms with Crippen molar-refractivity contribution in [3.05, 3.63) is 29.8 Å². The van der Waals surface area contributed by atoms with Gasteiger partial charge in [0, 0.05) is 25.7 Å². The van der Waals surface area contributed by atoms with Crippen LogP contribution in [0.4, 0.5) is 5.69 Å². The van der Waals surface area contributed by atoms with Gasteiger partial charge in [-0.15, -0.1) is 0 Å². The molecule has 4 N–H and O–H groups in total. The molecule has 0 unspecified atom stereocenters. The summed E-state index contributed by atoms with van der Waals surface area (Å²) in [6.45, 7) is 2.17. The van der Waals surface area contributed by atoms with Crippen LogP contribution in [0.25, 0.3) is 0 Å². The van der Waals surface area contributed by atoms with Crippen LogP contribution in [0.3, 0.4) is 0 Å². The maximum Gasteiger partial charge on any atom is 0.221 e. The van der Waals surface area contributed by atoms with Crippen LogP contribution in [0.15, 0.2) is 24.3 Å². The van der Waals surface area contributed by atoms with Gasteiger partial charge in [0.05, 0.1) is 5.75 Å². The van der Waals surface area contributed by atoms with Gasteiger partial charge in [-0.25, -0.2) is 13.6 Å². The molecule has 0 atom stereocenters. The highest BCUT2D eigenvalue weighted by molar-refractivity contribution is 7.89. The summed E-state index contributed by atoms with van der Waals surface area (Å²) in [6.07, 6.45) is 0. The molecule has 0 aliphatic carbocycles. The first-order chi connectivity index (χ1) is 8.38. The Morgan fingerprint density at radius 3 is 2.61 bits per heavy atom. The van der Waals surface area contributed by atoms with E-state index >= 15 is 0 Å². The van der Waals surface area contributed by atoms with E-state index in [4.69, 9.17) is 5.14 Å². The smallest absolute Gasteiger partial charge is 0.221 e. The summed E-state index contributed by atoms with van der Waals surface area (Å²) in [5.74, 6) is -0.262. The number of hydrogen-bond acceptors (Lipinski definition) is 4. The Balaban J connectivity index is 2.54. The molecule has 0 heterocycles. The van der Waals surface area contributed by atoms with Crippen LogP contribution in [-0.4, -0.2) is 26.6 Å². The van der Waals surface area contributed by atoms with E-state index in [9.17, 15) is 13.2 Å². The molecule has 18 heavy (non-hydrogen) atoms. The first kappa shape index (κ1) is 14.6. The van der Waals surface area contributed by atoms with Crippen molar-refractivity contribution in [2.75, 3.05) is 17.6 Å². The number of para-hydroxylation sites is 1. The quantitative estimate of drug-likeness (QED) is 0.635. The van der Waals surface area contributed by atoms with Crippen molar-refractivity contribution in [2.45, 2.75) is 13.5 Å². The third-order valence-electron chi connectivity index (χ3n) is 2.21. The Morgan fingerprint density at radius 1 is 1.33 bits per heavy atom. The Hall–Kier alpha value is -1.44. The van der Waals surface area contributed by atoms with Gasteiger partial charge >= 0.3 is 0 Å².